The summed E-state index contributed by atoms with van der Waals surface area (Å²) in [5, 5.41) is 5.21. The van der Waals surface area contributed by atoms with Crippen molar-refractivity contribution in [1.82, 2.24) is 10.6 Å². The van der Waals surface area contributed by atoms with Gasteiger partial charge in [-0.3, -0.25) is 0 Å². The zero-order chi connectivity index (χ0) is 17.4. The Morgan fingerprint density at radius 1 is 1.08 bits per heavy atom. The minimum Gasteiger partial charge on any atom is -0.337 e. The fourth-order valence-corrected chi connectivity index (χ4v) is 2.85. The van der Waals surface area contributed by atoms with Gasteiger partial charge >= 0.3 is 6.03 Å². The summed E-state index contributed by atoms with van der Waals surface area (Å²) >= 11 is 1.72. The first-order valence-corrected chi connectivity index (χ1v) is 8.79. The van der Waals surface area contributed by atoms with E-state index in [9.17, 15) is 13.6 Å². The van der Waals surface area contributed by atoms with Gasteiger partial charge in [0.05, 0.1) is 0 Å². The molecule has 2 aromatic rings. The molecule has 24 heavy (non-hydrogen) atoms. The van der Waals surface area contributed by atoms with Gasteiger partial charge in [0.1, 0.15) is 11.6 Å². The van der Waals surface area contributed by atoms with Crippen LogP contribution >= 0.6 is 11.8 Å². The summed E-state index contributed by atoms with van der Waals surface area (Å²) in [5.74, 6) is 0.597. The molecule has 2 rings (SSSR count). The van der Waals surface area contributed by atoms with Crippen molar-refractivity contribution < 1.29 is 13.6 Å². The third-order valence-corrected chi connectivity index (χ3v) is 4.40. The number of benzene rings is 2. The van der Waals surface area contributed by atoms with Crippen LogP contribution in [-0.2, 0) is 12.3 Å². The topological polar surface area (TPSA) is 41.1 Å². The molecule has 0 heterocycles. The maximum Gasteiger partial charge on any atom is 0.315 e. The smallest absolute Gasteiger partial charge is 0.315 e. The fraction of sp³-hybridized carbons (Fsp3) is 0.278. The van der Waals surface area contributed by atoms with E-state index in [1.54, 1.807) is 11.8 Å². The highest BCUT2D eigenvalue weighted by Crippen LogP contribution is 2.12. The number of hydrogen-bond donors (Lipinski definition) is 2. The molecule has 6 heteroatoms. The Morgan fingerprint density at radius 2 is 1.83 bits per heavy atom. The molecule has 0 spiro atoms. The van der Waals surface area contributed by atoms with Gasteiger partial charge in [-0.2, -0.15) is 11.8 Å². The summed E-state index contributed by atoms with van der Waals surface area (Å²) in [6.45, 7) is 2.51. The molecule has 0 radical (unpaired) electrons. The molecule has 0 aliphatic rings. The molecule has 3 nitrogen and oxygen atoms in total. The van der Waals surface area contributed by atoms with E-state index in [4.69, 9.17) is 0 Å². The van der Waals surface area contributed by atoms with Crippen molar-refractivity contribution in [3.8, 4) is 0 Å². The van der Waals surface area contributed by atoms with E-state index in [-0.39, 0.29) is 12.1 Å². The zero-order valence-electron chi connectivity index (χ0n) is 13.4. The number of carbonyl (C=O) groups is 1. The van der Waals surface area contributed by atoms with Crippen molar-refractivity contribution >= 4 is 17.8 Å². The lowest BCUT2D eigenvalue weighted by Gasteiger charge is -2.08. The summed E-state index contributed by atoms with van der Waals surface area (Å²) < 4.78 is 26.4. The van der Waals surface area contributed by atoms with Crippen molar-refractivity contribution in [2.45, 2.75) is 19.2 Å². The molecule has 2 N–H and O–H groups in total. The summed E-state index contributed by atoms with van der Waals surface area (Å²) in [4.78, 5) is 11.6. The monoisotopic (exact) mass is 350 g/mol. The Kier molecular flexibility index (Phi) is 7.06. The van der Waals surface area contributed by atoms with Gasteiger partial charge in [0.25, 0.3) is 0 Å². The lowest BCUT2D eigenvalue weighted by Crippen LogP contribution is -2.36. The number of thioether (sulfide) groups is 1. The summed E-state index contributed by atoms with van der Waals surface area (Å²) in [6.07, 6.45) is 0. The van der Waals surface area contributed by atoms with Crippen LogP contribution in [0.5, 0.6) is 0 Å². The number of halogens is 2. The summed E-state index contributed by atoms with van der Waals surface area (Å²) in [6, 6.07) is 11.1. The van der Waals surface area contributed by atoms with Crippen LogP contribution < -0.4 is 10.6 Å². The second-order valence-corrected chi connectivity index (χ2v) is 6.49. The first-order valence-electron chi connectivity index (χ1n) is 7.63. The Labute approximate surface area is 144 Å². The normalized spacial score (nSPS) is 10.5. The average Bonchev–Trinajstić information content (AvgIpc) is 2.57. The van der Waals surface area contributed by atoms with Crippen LogP contribution in [0.3, 0.4) is 0 Å². The largest absolute Gasteiger partial charge is 0.337 e. The number of nitrogens with one attached hydrogen (secondary N) is 2. The molecule has 0 saturated heterocycles. The van der Waals surface area contributed by atoms with E-state index < -0.39 is 17.7 Å². The number of rotatable bonds is 7. The highest BCUT2D eigenvalue weighted by molar-refractivity contribution is 7.98. The molecular weight excluding hydrogens is 330 g/mol. The van der Waals surface area contributed by atoms with Crippen molar-refractivity contribution in [3.63, 3.8) is 0 Å². The third-order valence-electron chi connectivity index (χ3n) is 3.37. The van der Waals surface area contributed by atoms with Gasteiger partial charge in [0.15, 0.2) is 0 Å². The Bertz CT molecular complexity index is 677. The van der Waals surface area contributed by atoms with Crippen LogP contribution in [0, 0.1) is 18.6 Å². The molecule has 0 saturated carbocycles. The van der Waals surface area contributed by atoms with Gasteiger partial charge in [-0.05, 0) is 30.7 Å². The van der Waals surface area contributed by atoms with E-state index in [1.165, 1.54) is 11.1 Å². The molecule has 0 fully saturated rings. The van der Waals surface area contributed by atoms with Crippen LogP contribution in [-0.4, -0.2) is 18.3 Å². The highest BCUT2D eigenvalue weighted by Gasteiger charge is 2.06. The van der Waals surface area contributed by atoms with Gasteiger partial charge < -0.3 is 10.6 Å². The minimum atomic E-state index is -0.537. The van der Waals surface area contributed by atoms with Gasteiger partial charge in [0, 0.05) is 30.2 Å². The SMILES string of the molecule is Cc1ccc(CSCCNC(=O)NCc2cc(F)ccc2F)cc1. The number of urea groups is 1. The van der Waals surface area contributed by atoms with Gasteiger partial charge in [-0.1, -0.05) is 29.8 Å². The number of carbonyl (C=O) groups excluding carboxylic acids is 1. The Hall–Kier alpha value is -2.08. The maximum absolute atomic E-state index is 13.4. The maximum atomic E-state index is 13.4. The number of aryl methyl sites for hydroxylation is 1. The van der Waals surface area contributed by atoms with Crippen LogP contribution in [0.1, 0.15) is 16.7 Å². The van der Waals surface area contributed by atoms with Crippen molar-refractivity contribution in [3.05, 3.63) is 70.8 Å². The van der Waals surface area contributed by atoms with Crippen LogP contribution in [0.4, 0.5) is 13.6 Å². The van der Waals surface area contributed by atoms with Crippen molar-refractivity contribution in [1.29, 1.82) is 0 Å². The zero-order valence-corrected chi connectivity index (χ0v) is 14.3. The van der Waals surface area contributed by atoms with Crippen molar-refractivity contribution in [2.24, 2.45) is 0 Å². The second-order valence-electron chi connectivity index (χ2n) is 5.38. The van der Waals surface area contributed by atoms with E-state index >= 15 is 0 Å². The van der Waals surface area contributed by atoms with Crippen LogP contribution in [0.2, 0.25) is 0 Å². The standard InChI is InChI=1S/C18H20F2N2OS/c1-13-2-4-14(5-3-13)12-24-9-8-21-18(23)22-11-15-10-16(19)6-7-17(15)20/h2-7,10H,8-9,11-12H2,1H3,(H2,21,22,23). The van der Waals surface area contributed by atoms with Crippen LogP contribution in [0.25, 0.3) is 0 Å². The Balaban J connectivity index is 1.61. The predicted octanol–water partition coefficient (Wildman–Crippen LogP) is 4.01. The van der Waals surface area contributed by atoms with E-state index in [0.717, 1.165) is 29.7 Å². The lowest BCUT2D eigenvalue weighted by atomic mass is 10.2. The molecule has 0 aromatic heterocycles. The fourth-order valence-electron chi connectivity index (χ4n) is 2.03. The summed E-state index contributed by atoms with van der Waals surface area (Å²) in [7, 11) is 0. The molecular formula is C18H20F2N2OS. The number of amides is 2. The van der Waals surface area contributed by atoms with Gasteiger partial charge in [-0.25, -0.2) is 13.6 Å². The molecule has 0 aliphatic heterocycles. The van der Waals surface area contributed by atoms with E-state index in [2.05, 4.69) is 41.8 Å². The predicted molar refractivity (Wildman–Crippen MR) is 93.9 cm³/mol. The first kappa shape index (κ1) is 18.3. The molecule has 2 amide bonds. The quantitative estimate of drug-likeness (QED) is 0.741. The lowest BCUT2D eigenvalue weighted by molar-refractivity contribution is 0.241. The molecule has 0 unspecified atom stereocenters. The molecule has 2 aromatic carbocycles. The molecule has 0 aliphatic carbocycles. The molecule has 0 atom stereocenters. The van der Waals surface area contributed by atoms with E-state index in [1.807, 2.05) is 0 Å². The molecule has 128 valence electrons. The third kappa shape index (κ3) is 6.20. The minimum absolute atomic E-state index is 0.0497. The number of hydrogen-bond acceptors (Lipinski definition) is 2. The van der Waals surface area contributed by atoms with Crippen molar-refractivity contribution in [2.75, 3.05) is 12.3 Å². The van der Waals surface area contributed by atoms with Gasteiger partial charge in [-0.15, -0.1) is 0 Å². The Morgan fingerprint density at radius 3 is 2.58 bits per heavy atom. The van der Waals surface area contributed by atoms with E-state index in [0.29, 0.717) is 6.54 Å². The van der Waals surface area contributed by atoms with Gasteiger partial charge in [0.2, 0.25) is 0 Å². The highest BCUT2D eigenvalue weighted by atomic mass is 32.2. The average molecular weight is 350 g/mol. The van der Waals surface area contributed by atoms with Crippen LogP contribution in [0.15, 0.2) is 42.5 Å². The summed E-state index contributed by atoms with van der Waals surface area (Å²) in [5.41, 5.74) is 2.60. The first-order chi connectivity index (χ1) is 11.5. The second kappa shape index (κ2) is 9.27. The molecule has 0 bridgehead atoms.